The number of nitrogens with one attached hydrogen (secondary N) is 3. The molecule has 3 N–H and O–H groups in total. The first-order valence-electron chi connectivity index (χ1n) is 8.75. The van der Waals surface area contributed by atoms with Crippen molar-refractivity contribution in [3.05, 3.63) is 52.6 Å². The van der Waals surface area contributed by atoms with Crippen molar-refractivity contribution in [2.75, 3.05) is 5.32 Å². The van der Waals surface area contributed by atoms with Crippen LogP contribution in [0, 0.1) is 5.82 Å². The molecule has 29 heavy (non-hydrogen) atoms. The van der Waals surface area contributed by atoms with Gasteiger partial charge in [-0.3, -0.25) is 20.4 Å². The van der Waals surface area contributed by atoms with E-state index in [0.717, 1.165) is 12.4 Å². The fourth-order valence-electron chi connectivity index (χ4n) is 2.43. The van der Waals surface area contributed by atoms with Crippen molar-refractivity contribution in [1.29, 1.82) is 0 Å². The Hall–Kier alpha value is -2.88. The molecule has 0 aliphatic heterocycles. The topological polar surface area (TPSA) is 96.0 Å². The highest BCUT2D eigenvalue weighted by Crippen LogP contribution is 2.48. The van der Waals surface area contributed by atoms with Crippen LogP contribution < -0.4 is 16.2 Å². The highest BCUT2D eigenvalue weighted by Gasteiger charge is 2.46. The Morgan fingerprint density at radius 1 is 1.14 bits per heavy atom. The highest BCUT2D eigenvalue weighted by atomic mass is 35.5. The summed E-state index contributed by atoms with van der Waals surface area (Å²) in [4.78, 5) is 30.4. The van der Waals surface area contributed by atoms with Gasteiger partial charge in [-0.05, 0) is 25.0 Å². The zero-order chi connectivity index (χ0) is 21.6. The fourth-order valence-corrected chi connectivity index (χ4v) is 2.59. The molecule has 156 valence electrons. The number of amides is 2. The zero-order valence-electron chi connectivity index (χ0n) is 15.6. The number of anilines is 1. The molecule has 1 fully saturated rings. The number of benzene rings is 1. The number of rotatable bonds is 5. The van der Waals surface area contributed by atoms with E-state index >= 15 is 0 Å². The summed E-state index contributed by atoms with van der Waals surface area (Å²) in [6.45, 7) is 4.00. The first kappa shape index (κ1) is 22.4. The Bertz CT molecular complexity index is 876. The lowest BCUT2D eigenvalue weighted by Crippen LogP contribution is -2.44. The Kier molecular flexibility index (Phi) is 7.38. The van der Waals surface area contributed by atoms with Gasteiger partial charge in [0.25, 0.3) is 5.91 Å². The number of hydrogen-bond donors (Lipinski definition) is 3. The van der Waals surface area contributed by atoms with E-state index in [0.29, 0.717) is 18.4 Å². The lowest BCUT2D eigenvalue weighted by atomic mass is 10.0. The van der Waals surface area contributed by atoms with Crippen LogP contribution in [-0.2, 0) is 10.3 Å². The molecule has 0 spiro atoms. The van der Waals surface area contributed by atoms with Gasteiger partial charge in [-0.2, -0.15) is 8.78 Å². The Morgan fingerprint density at radius 3 is 2.28 bits per heavy atom. The van der Waals surface area contributed by atoms with E-state index in [9.17, 15) is 22.8 Å². The van der Waals surface area contributed by atoms with E-state index in [1.807, 2.05) is 19.3 Å². The third-order valence-corrected chi connectivity index (χ3v) is 4.19. The van der Waals surface area contributed by atoms with Crippen LogP contribution >= 0.6 is 11.6 Å². The van der Waals surface area contributed by atoms with Crippen LogP contribution in [0.3, 0.4) is 0 Å². The number of hydrazine groups is 1. The molecule has 2 aromatic rings. The van der Waals surface area contributed by atoms with Gasteiger partial charge in [-0.15, -0.1) is 0 Å². The lowest BCUT2D eigenvalue weighted by molar-refractivity contribution is -0.132. The smallest absolute Gasteiger partial charge is 0.317 e. The normalized spacial score (nSPS) is 13.8. The number of halogens is 4. The minimum atomic E-state index is -3.25. The van der Waals surface area contributed by atoms with Crippen LogP contribution in [0.5, 0.6) is 0 Å². The maximum Gasteiger partial charge on any atom is 0.317 e. The number of carbonyl (C=O) groups is 2. The molecular formula is C18H19ClF3N5O2. The van der Waals surface area contributed by atoms with Crippen LogP contribution in [0.25, 0.3) is 0 Å². The summed E-state index contributed by atoms with van der Waals surface area (Å²) in [5.41, 5.74) is 3.11. The highest BCUT2D eigenvalue weighted by molar-refractivity contribution is 6.30. The van der Waals surface area contributed by atoms with Gasteiger partial charge in [0.1, 0.15) is 5.82 Å². The predicted molar refractivity (Wildman–Crippen MR) is 101 cm³/mol. The number of hydrogen-bond acceptors (Lipinski definition) is 5. The van der Waals surface area contributed by atoms with Gasteiger partial charge in [0.05, 0.1) is 11.1 Å². The molecular weight excluding hydrogens is 411 g/mol. The minimum absolute atomic E-state index is 0.0577. The maximum atomic E-state index is 14.2. The van der Waals surface area contributed by atoms with Crippen LogP contribution in [-0.4, -0.2) is 28.2 Å². The molecule has 1 saturated carbocycles. The minimum Gasteiger partial charge on any atom is -0.345 e. The third-order valence-electron chi connectivity index (χ3n) is 3.96. The van der Waals surface area contributed by atoms with Gasteiger partial charge in [-0.25, -0.2) is 14.4 Å². The standard InChI is InChI=1S/C16H13ClF3N5O2.C2H6/c17-9-1-2-10(11(18)5-9)16(3-4-16)23-15-21-6-8(7-22-15)13(26)24-25-14(27)12(19)20;1-2/h1-2,5-7,12H,3-4H2,(H,24,26)(H,25,27)(H,21,22,23);1-2H3. The quantitative estimate of drug-likeness (QED) is 0.633. The second-order valence-corrected chi connectivity index (χ2v) is 6.31. The summed E-state index contributed by atoms with van der Waals surface area (Å²) in [7, 11) is 0. The van der Waals surface area contributed by atoms with E-state index in [1.165, 1.54) is 6.07 Å². The average Bonchev–Trinajstić information content (AvgIpc) is 3.48. The van der Waals surface area contributed by atoms with Crippen molar-refractivity contribution < 1.29 is 22.8 Å². The van der Waals surface area contributed by atoms with E-state index in [4.69, 9.17) is 11.6 Å². The third kappa shape index (κ3) is 5.57. The summed E-state index contributed by atoms with van der Waals surface area (Å²) in [6.07, 6.45) is 0.366. The van der Waals surface area contributed by atoms with Crippen molar-refractivity contribution >= 4 is 29.4 Å². The fraction of sp³-hybridized carbons (Fsp3) is 0.333. The molecule has 7 nitrogen and oxygen atoms in total. The van der Waals surface area contributed by atoms with E-state index in [2.05, 4.69) is 15.3 Å². The number of nitrogens with zero attached hydrogens (tertiary/aromatic N) is 2. The molecule has 0 radical (unpaired) electrons. The van der Waals surface area contributed by atoms with Crippen LogP contribution in [0.1, 0.15) is 42.6 Å². The van der Waals surface area contributed by atoms with Gasteiger partial charge >= 0.3 is 12.3 Å². The number of carbonyl (C=O) groups excluding carboxylic acids is 2. The molecule has 1 aromatic carbocycles. The van der Waals surface area contributed by atoms with Gasteiger partial charge in [0, 0.05) is 23.0 Å². The van der Waals surface area contributed by atoms with Crippen LogP contribution in [0.15, 0.2) is 30.6 Å². The SMILES string of the molecule is CC.O=C(NNC(=O)C(F)F)c1cnc(NC2(c3ccc(Cl)cc3F)CC2)nc1. The summed E-state index contributed by atoms with van der Waals surface area (Å²) in [5, 5.41) is 3.32. The second-order valence-electron chi connectivity index (χ2n) is 5.87. The Morgan fingerprint density at radius 2 is 1.76 bits per heavy atom. The van der Waals surface area contributed by atoms with Crippen molar-refractivity contribution in [2.24, 2.45) is 0 Å². The molecule has 0 unspecified atom stereocenters. The van der Waals surface area contributed by atoms with Crippen LogP contribution in [0.4, 0.5) is 19.1 Å². The van der Waals surface area contributed by atoms with Crippen molar-refractivity contribution in [3.63, 3.8) is 0 Å². The van der Waals surface area contributed by atoms with Crippen molar-refractivity contribution in [3.8, 4) is 0 Å². The van der Waals surface area contributed by atoms with Crippen molar-refractivity contribution in [2.45, 2.75) is 38.7 Å². The Labute approximate surface area is 170 Å². The first-order chi connectivity index (χ1) is 13.8. The predicted octanol–water partition coefficient (Wildman–Crippen LogP) is 3.42. The van der Waals surface area contributed by atoms with Gasteiger partial charge in [0.2, 0.25) is 5.95 Å². The van der Waals surface area contributed by atoms with E-state index in [-0.39, 0.29) is 16.5 Å². The van der Waals surface area contributed by atoms with Gasteiger partial charge in [0.15, 0.2) is 0 Å². The molecule has 1 aromatic heterocycles. The molecule has 11 heteroatoms. The average molecular weight is 430 g/mol. The molecule has 2 amide bonds. The zero-order valence-corrected chi connectivity index (χ0v) is 16.4. The summed E-state index contributed by atoms with van der Waals surface area (Å²) in [6, 6.07) is 4.40. The monoisotopic (exact) mass is 429 g/mol. The molecule has 0 atom stereocenters. The number of alkyl halides is 2. The van der Waals surface area contributed by atoms with Crippen molar-refractivity contribution in [1.82, 2.24) is 20.8 Å². The summed E-state index contributed by atoms with van der Waals surface area (Å²) < 4.78 is 38.3. The first-order valence-corrected chi connectivity index (χ1v) is 9.13. The summed E-state index contributed by atoms with van der Waals surface area (Å²) >= 11 is 5.77. The largest absolute Gasteiger partial charge is 0.345 e. The van der Waals surface area contributed by atoms with E-state index < -0.39 is 29.6 Å². The molecule has 1 aliphatic rings. The summed E-state index contributed by atoms with van der Waals surface area (Å²) in [5.74, 6) is -2.78. The molecule has 0 saturated heterocycles. The molecule has 0 bridgehead atoms. The number of aromatic nitrogens is 2. The Balaban J connectivity index is 0.00000145. The van der Waals surface area contributed by atoms with E-state index in [1.54, 1.807) is 17.6 Å². The molecule has 1 aliphatic carbocycles. The second kappa shape index (κ2) is 9.55. The molecule has 1 heterocycles. The van der Waals surface area contributed by atoms with Gasteiger partial charge in [-0.1, -0.05) is 31.5 Å². The van der Waals surface area contributed by atoms with Gasteiger partial charge < -0.3 is 5.32 Å². The maximum absolute atomic E-state index is 14.2. The lowest BCUT2D eigenvalue weighted by Gasteiger charge is -2.18. The van der Waals surface area contributed by atoms with Crippen LogP contribution in [0.2, 0.25) is 5.02 Å². The molecule has 3 rings (SSSR count).